The Morgan fingerprint density at radius 2 is 2.14 bits per heavy atom. The van der Waals surface area contributed by atoms with Crippen molar-refractivity contribution in [1.29, 1.82) is 0 Å². The van der Waals surface area contributed by atoms with Gasteiger partial charge in [-0.05, 0) is 19.9 Å². The first kappa shape index (κ1) is 15.4. The van der Waals surface area contributed by atoms with Gasteiger partial charge in [-0.15, -0.1) is 0 Å². The molecule has 0 amide bonds. The summed E-state index contributed by atoms with van der Waals surface area (Å²) in [5.41, 5.74) is 1.93. The molecule has 21 heavy (non-hydrogen) atoms. The lowest BCUT2D eigenvalue weighted by Gasteiger charge is -2.21. The van der Waals surface area contributed by atoms with Crippen molar-refractivity contribution in [3.63, 3.8) is 0 Å². The van der Waals surface area contributed by atoms with Gasteiger partial charge in [0.2, 0.25) is 0 Å². The van der Waals surface area contributed by atoms with E-state index in [9.17, 15) is 5.11 Å². The van der Waals surface area contributed by atoms with E-state index in [0.29, 0.717) is 18.2 Å². The average Bonchev–Trinajstić information content (AvgIpc) is 2.78. The molecule has 0 aliphatic rings. The second-order valence-electron chi connectivity index (χ2n) is 5.06. The van der Waals surface area contributed by atoms with E-state index in [1.807, 2.05) is 31.9 Å². The first-order chi connectivity index (χ1) is 10.0. The van der Waals surface area contributed by atoms with Crippen molar-refractivity contribution in [3.05, 3.63) is 29.8 Å². The molecule has 1 unspecified atom stereocenters. The number of hydrogen-bond donors (Lipinski definition) is 1. The molecule has 2 rings (SSSR count). The number of rotatable bonds is 6. The zero-order chi connectivity index (χ0) is 15.4. The van der Waals surface area contributed by atoms with Gasteiger partial charge in [-0.3, -0.25) is 4.98 Å². The van der Waals surface area contributed by atoms with Gasteiger partial charge in [-0.1, -0.05) is 0 Å². The monoisotopic (exact) mass is 291 g/mol. The molecule has 7 heteroatoms. The van der Waals surface area contributed by atoms with E-state index in [1.54, 1.807) is 24.2 Å². The molecule has 1 atom stereocenters. The zero-order valence-electron chi connectivity index (χ0n) is 12.8. The van der Waals surface area contributed by atoms with E-state index in [-0.39, 0.29) is 6.61 Å². The maximum atomic E-state index is 9.78. The molecule has 2 heterocycles. The Bertz CT molecular complexity index is 599. The lowest BCUT2D eigenvalue weighted by molar-refractivity contribution is 0.0694. The van der Waals surface area contributed by atoms with Gasteiger partial charge in [-0.25, -0.2) is 9.67 Å². The van der Waals surface area contributed by atoms with E-state index in [0.717, 1.165) is 11.4 Å². The molecule has 7 nitrogen and oxygen atoms in total. The molecule has 2 aromatic rings. The molecule has 0 saturated heterocycles. The first-order valence-corrected chi connectivity index (χ1v) is 6.75. The van der Waals surface area contributed by atoms with Gasteiger partial charge >= 0.3 is 0 Å². The number of ether oxygens (including phenoxy) is 1. The van der Waals surface area contributed by atoms with E-state index in [1.165, 1.54) is 0 Å². The zero-order valence-corrected chi connectivity index (χ0v) is 12.8. The lowest BCUT2D eigenvalue weighted by Crippen LogP contribution is -2.32. The van der Waals surface area contributed by atoms with Crippen LogP contribution in [0.4, 0.5) is 5.82 Å². The Kier molecular flexibility index (Phi) is 4.87. The van der Waals surface area contributed by atoms with Crippen LogP contribution >= 0.6 is 0 Å². The summed E-state index contributed by atoms with van der Waals surface area (Å²) in [4.78, 5) is 10.6. The van der Waals surface area contributed by atoms with Gasteiger partial charge in [0.1, 0.15) is 5.82 Å². The van der Waals surface area contributed by atoms with Crippen molar-refractivity contribution in [2.24, 2.45) is 0 Å². The van der Waals surface area contributed by atoms with E-state index in [2.05, 4.69) is 15.1 Å². The highest BCUT2D eigenvalue weighted by atomic mass is 16.5. The molecular formula is C14H21N5O2. The summed E-state index contributed by atoms with van der Waals surface area (Å²) in [5.74, 6) is 1.33. The Morgan fingerprint density at radius 1 is 1.38 bits per heavy atom. The number of anilines is 1. The van der Waals surface area contributed by atoms with Crippen LogP contribution in [-0.2, 0) is 4.74 Å². The number of aromatic nitrogens is 4. The van der Waals surface area contributed by atoms with Crippen LogP contribution in [0.5, 0.6) is 0 Å². The number of aliphatic hydroxyl groups excluding tert-OH is 1. The number of hydrogen-bond acceptors (Lipinski definition) is 6. The fourth-order valence-electron chi connectivity index (χ4n) is 2.15. The fraction of sp³-hybridized carbons (Fsp3) is 0.500. The molecule has 0 aliphatic heterocycles. The summed E-state index contributed by atoms with van der Waals surface area (Å²) < 4.78 is 6.68. The van der Waals surface area contributed by atoms with Crippen molar-refractivity contribution in [1.82, 2.24) is 19.7 Å². The summed E-state index contributed by atoms with van der Waals surface area (Å²) in [5, 5.41) is 14.2. The van der Waals surface area contributed by atoms with E-state index >= 15 is 0 Å². The molecule has 1 N–H and O–H groups in total. The first-order valence-electron chi connectivity index (χ1n) is 6.75. The summed E-state index contributed by atoms with van der Waals surface area (Å²) in [6, 6.07) is 1.99. The predicted octanol–water partition coefficient (Wildman–Crippen LogP) is 0.723. The minimum absolute atomic E-state index is 0.287. The van der Waals surface area contributed by atoms with Crippen LogP contribution in [0.15, 0.2) is 18.5 Å². The van der Waals surface area contributed by atoms with Crippen LogP contribution in [0.1, 0.15) is 11.4 Å². The van der Waals surface area contributed by atoms with E-state index < -0.39 is 6.10 Å². The highest BCUT2D eigenvalue weighted by Crippen LogP contribution is 2.13. The maximum Gasteiger partial charge on any atom is 0.174 e. The highest BCUT2D eigenvalue weighted by Gasteiger charge is 2.12. The van der Waals surface area contributed by atoms with Crippen LogP contribution in [-0.4, -0.2) is 58.3 Å². The normalized spacial score (nSPS) is 12.4. The number of aliphatic hydroxyl groups is 1. The lowest BCUT2D eigenvalue weighted by atomic mass is 10.3. The quantitative estimate of drug-likeness (QED) is 0.845. The maximum absolute atomic E-state index is 9.78. The van der Waals surface area contributed by atoms with Crippen molar-refractivity contribution >= 4 is 5.82 Å². The molecule has 0 spiro atoms. The fourth-order valence-corrected chi connectivity index (χ4v) is 2.15. The molecule has 0 radical (unpaired) electrons. The highest BCUT2D eigenvalue weighted by molar-refractivity contribution is 5.39. The van der Waals surface area contributed by atoms with Gasteiger partial charge in [0.25, 0.3) is 0 Å². The number of likely N-dealkylation sites (N-methyl/N-ethyl adjacent to an activating group) is 1. The number of methoxy groups -OCH3 is 1. The third kappa shape index (κ3) is 3.77. The molecule has 0 aromatic carbocycles. The summed E-state index contributed by atoms with van der Waals surface area (Å²) >= 11 is 0. The summed E-state index contributed by atoms with van der Waals surface area (Å²) in [6.07, 6.45) is 2.76. The van der Waals surface area contributed by atoms with Gasteiger partial charge in [0.05, 0.1) is 30.8 Å². The Morgan fingerprint density at radius 3 is 2.76 bits per heavy atom. The largest absolute Gasteiger partial charge is 0.389 e. The van der Waals surface area contributed by atoms with Crippen LogP contribution in [0.25, 0.3) is 5.82 Å². The van der Waals surface area contributed by atoms with Crippen molar-refractivity contribution in [3.8, 4) is 5.82 Å². The Balaban J connectivity index is 2.19. The summed E-state index contributed by atoms with van der Waals surface area (Å²) in [6.45, 7) is 4.62. The van der Waals surface area contributed by atoms with Crippen LogP contribution in [0, 0.1) is 13.8 Å². The van der Waals surface area contributed by atoms with Crippen molar-refractivity contribution in [2.45, 2.75) is 20.0 Å². The third-order valence-corrected chi connectivity index (χ3v) is 3.07. The minimum atomic E-state index is -0.570. The third-order valence-electron chi connectivity index (χ3n) is 3.07. The van der Waals surface area contributed by atoms with Crippen molar-refractivity contribution in [2.75, 3.05) is 32.2 Å². The number of aryl methyl sites for hydroxylation is 2. The summed E-state index contributed by atoms with van der Waals surface area (Å²) in [7, 11) is 3.42. The molecule has 2 aromatic heterocycles. The molecule has 114 valence electrons. The molecule has 0 fully saturated rings. The van der Waals surface area contributed by atoms with E-state index in [4.69, 9.17) is 4.74 Å². The topological polar surface area (TPSA) is 76.3 Å². The molecule has 0 saturated carbocycles. The smallest absolute Gasteiger partial charge is 0.174 e. The average molecular weight is 291 g/mol. The SMILES string of the molecule is COCC(O)CN(C)c1cncc(-n2nc(C)cc2C)n1. The van der Waals surface area contributed by atoms with Gasteiger partial charge in [0, 0.05) is 26.4 Å². The Hall–Kier alpha value is -1.99. The second kappa shape index (κ2) is 6.64. The molecule has 0 bridgehead atoms. The van der Waals surface area contributed by atoms with Crippen LogP contribution in [0.3, 0.4) is 0 Å². The minimum Gasteiger partial charge on any atom is -0.389 e. The molecular weight excluding hydrogens is 270 g/mol. The Labute approximate surface area is 124 Å². The van der Waals surface area contributed by atoms with Crippen LogP contribution in [0.2, 0.25) is 0 Å². The van der Waals surface area contributed by atoms with Gasteiger partial charge in [0.15, 0.2) is 5.82 Å². The van der Waals surface area contributed by atoms with Crippen LogP contribution < -0.4 is 4.90 Å². The van der Waals surface area contributed by atoms with Crippen molar-refractivity contribution < 1.29 is 9.84 Å². The number of nitrogens with zero attached hydrogens (tertiary/aromatic N) is 5. The standard InChI is InChI=1S/C14H21N5O2/c1-10-5-11(2)19(17-10)14-7-15-6-13(16-14)18(3)8-12(20)9-21-4/h5-7,12,20H,8-9H2,1-4H3. The predicted molar refractivity (Wildman–Crippen MR) is 79.8 cm³/mol. The van der Waals surface area contributed by atoms with Gasteiger partial charge < -0.3 is 14.7 Å². The second-order valence-corrected chi connectivity index (χ2v) is 5.06. The van der Waals surface area contributed by atoms with Gasteiger partial charge in [-0.2, -0.15) is 5.10 Å². The molecule has 0 aliphatic carbocycles.